The van der Waals surface area contributed by atoms with Crippen LogP contribution in [0.3, 0.4) is 0 Å². The molecule has 74 valence electrons. The van der Waals surface area contributed by atoms with Crippen molar-refractivity contribution in [1.82, 2.24) is 4.98 Å². The Kier molecular flexibility index (Phi) is 2.20. The van der Waals surface area contributed by atoms with Gasteiger partial charge in [-0.05, 0) is 12.1 Å². The second-order valence-electron chi connectivity index (χ2n) is 2.53. The van der Waals surface area contributed by atoms with Crippen LogP contribution in [0.4, 0.5) is 13.9 Å². The van der Waals surface area contributed by atoms with Crippen LogP contribution in [-0.4, -0.2) is 11.6 Å². The van der Waals surface area contributed by atoms with Crippen LogP contribution < -0.4 is 10.5 Å². The predicted molar refractivity (Wildman–Crippen MR) is 50.7 cm³/mol. The number of thiazole rings is 1. The molecule has 0 unspecified atom stereocenters. The minimum atomic E-state index is -2.84. The van der Waals surface area contributed by atoms with Crippen LogP contribution in [0, 0.1) is 0 Å². The minimum absolute atomic E-state index is 0.0606. The van der Waals surface area contributed by atoms with E-state index in [0.29, 0.717) is 10.6 Å². The third-order valence-electron chi connectivity index (χ3n) is 1.61. The Morgan fingerprint density at radius 3 is 2.93 bits per heavy atom. The first-order valence-electron chi connectivity index (χ1n) is 3.76. The van der Waals surface area contributed by atoms with Gasteiger partial charge in [-0.25, -0.2) is 4.98 Å². The zero-order valence-electron chi connectivity index (χ0n) is 6.91. The molecule has 0 aliphatic heterocycles. The van der Waals surface area contributed by atoms with Crippen LogP contribution in [0.25, 0.3) is 10.2 Å². The Morgan fingerprint density at radius 2 is 2.21 bits per heavy atom. The molecule has 0 atom stereocenters. The zero-order chi connectivity index (χ0) is 10.1. The number of nitrogens with zero attached hydrogens (tertiary/aromatic N) is 1. The number of anilines is 1. The molecule has 0 aliphatic rings. The quantitative estimate of drug-likeness (QED) is 0.838. The van der Waals surface area contributed by atoms with Gasteiger partial charge in [-0.1, -0.05) is 17.4 Å². The number of fused-ring (bicyclic) bond motifs is 1. The lowest BCUT2D eigenvalue weighted by Crippen LogP contribution is -2.02. The van der Waals surface area contributed by atoms with Crippen molar-refractivity contribution in [3.63, 3.8) is 0 Å². The summed E-state index contributed by atoms with van der Waals surface area (Å²) in [5.74, 6) is 0.0606. The molecule has 1 heterocycles. The molecule has 0 fully saturated rings. The minimum Gasteiger partial charge on any atom is -0.432 e. The van der Waals surface area contributed by atoms with Crippen LogP contribution in [0.15, 0.2) is 18.2 Å². The zero-order valence-corrected chi connectivity index (χ0v) is 7.72. The van der Waals surface area contributed by atoms with E-state index in [9.17, 15) is 8.78 Å². The fourth-order valence-corrected chi connectivity index (χ4v) is 1.88. The van der Waals surface area contributed by atoms with Gasteiger partial charge in [-0.3, -0.25) is 0 Å². The number of rotatable bonds is 2. The lowest BCUT2D eigenvalue weighted by atomic mass is 10.3. The van der Waals surface area contributed by atoms with Crippen LogP contribution in [0.5, 0.6) is 5.75 Å². The largest absolute Gasteiger partial charge is 0.432 e. The van der Waals surface area contributed by atoms with Crippen LogP contribution >= 0.6 is 11.3 Å². The molecule has 2 aromatic rings. The van der Waals surface area contributed by atoms with Crippen molar-refractivity contribution in [3.05, 3.63) is 18.2 Å². The second kappa shape index (κ2) is 3.38. The molecule has 2 rings (SSSR count). The van der Waals surface area contributed by atoms with Crippen molar-refractivity contribution in [2.24, 2.45) is 0 Å². The molecule has 0 aliphatic carbocycles. The van der Waals surface area contributed by atoms with E-state index < -0.39 is 6.61 Å². The highest BCUT2D eigenvalue weighted by molar-refractivity contribution is 7.22. The average Bonchev–Trinajstić information content (AvgIpc) is 2.45. The number of nitrogen functional groups attached to an aromatic ring is 1. The molecule has 0 bridgehead atoms. The highest BCUT2D eigenvalue weighted by Gasteiger charge is 2.11. The van der Waals surface area contributed by atoms with Gasteiger partial charge < -0.3 is 10.5 Å². The van der Waals surface area contributed by atoms with E-state index >= 15 is 0 Å². The summed E-state index contributed by atoms with van der Waals surface area (Å²) in [5.41, 5.74) is 5.84. The number of halogens is 2. The summed E-state index contributed by atoms with van der Waals surface area (Å²) < 4.78 is 29.0. The van der Waals surface area contributed by atoms with Gasteiger partial charge in [0.25, 0.3) is 0 Å². The van der Waals surface area contributed by atoms with E-state index in [4.69, 9.17) is 5.73 Å². The molecule has 1 aromatic heterocycles. The molecule has 2 N–H and O–H groups in total. The fourth-order valence-electron chi connectivity index (χ4n) is 1.13. The Balaban J connectivity index is 2.53. The Labute approximate surface area is 82.1 Å². The highest BCUT2D eigenvalue weighted by atomic mass is 32.1. The molecule has 0 radical (unpaired) electrons. The summed E-state index contributed by atoms with van der Waals surface area (Å²) in [5, 5.41) is 0.338. The van der Waals surface area contributed by atoms with Crippen molar-refractivity contribution in [2.75, 3.05) is 5.73 Å². The Bertz CT molecular complexity index is 458. The molecule has 6 heteroatoms. The molecule has 3 nitrogen and oxygen atoms in total. The first kappa shape index (κ1) is 9.14. The van der Waals surface area contributed by atoms with Gasteiger partial charge in [0.1, 0.15) is 5.52 Å². The number of hydrogen-bond acceptors (Lipinski definition) is 4. The second-order valence-corrected chi connectivity index (χ2v) is 3.60. The fraction of sp³-hybridized carbons (Fsp3) is 0.125. The smallest absolute Gasteiger partial charge is 0.387 e. The summed E-state index contributed by atoms with van der Waals surface area (Å²) in [7, 11) is 0. The topological polar surface area (TPSA) is 48.1 Å². The molecule has 0 spiro atoms. The van der Waals surface area contributed by atoms with Gasteiger partial charge in [-0.15, -0.1) is 0 Å². The molecular weight excluding hydrogens is 210 g/mol. The van der Waals surface area contributed by atoms with Crippen LogP contribution in [-0.2, 0) is 0 Å². The summed E-state index contributed by atoms with van der Waals surface area (Å²) >= 11 is 1.24. The number of aromatic nitrogens is 1. The van der Waals surface area contributed by atoms with E-state index in [2.05, 4.69) is 9.72 Å². The number of alkyl halides is 2. The Morgan fingerprint density at radius 1 is 1.43 bits per heavy atom. The number of benzene rings is 1. The van der Waals surface area contributed by atoms with Gasteiger partial charge in [-0.2, -0.15) is 8.78 Å². The van der Waals surface area contributed by atoms with Gasteiger partial charge in [0.2, 0.25) is 0 Å². The summed E-state index contributed by atoms with van der Waals surface area (Å²) in [6.45, 7) is -2.84. The van der Waals surface area contributed by atoms with Gasteiger partial charge in [0, 0.05) is 0 Å². The van der Waals surface area contributed by atoms with Crippen molar-refractivity contribution in [1.29, 1.82) is 0 Å². The SMILES string of the molecule is Nc1nc2c(OC(F)F)cccc2s1. The average molecular weight is 216 g/mol. The van der Waals surface area contributed by atoms with E-state index in [0.717, 1.165) is 4.70 Å². The number of hydrogen-bond donors (Lipinski definition) is 1. The number of para-hydroxylation sites is 1. The normalized spacial score (nSPS) is 11.1. The summed E-state index contributed by atoms with van der Waals surface area (Å²) in [6, 6.07) is 4.81. The van der Waals surface area contributed by atoms with Crippen molar-refractivity contribution >= 4 is 26.7 Å². The Hall–Kier alpha value is -1.43. The van der Waals surface area contributed by atoms with Crippen LogP contribution in [0.1, 0.15) is 0 Å². The van der Waals surface area contributed by atoms with Crippen molar-refractivity contribution < 1.29 is 13.5 Å². The molecule has 0 saturated heterocycles. The first-order valence-corrected chi connectivity index (χ1v) is 4.58. The maximum Gasteiger partial charge on any atom is 0.387 e. The molecule has 0 amide bonds. The maximum absolute atomic E-state index is 12.0. The maximum atomic E-state index is 12.0. The van der Waals surface area contributed by atoms with Crippen molar-refractivity contribution in [3.8, 4) is 5.75 Å². The highest BCUT2D eigenvalue weighted by Crippen LogP contribution is 2.31. The standard InChI is InChI=1S/C8H6F2N2OS/c9-7(10)13-4-2-1-3-5-6(4)12-8(11)14-5/h1-3,7H,(H2,11,12). The molecular formula is C8H6F2N2OS. The molecule has 1 aromatic carbocycles. The summed E-state index contributed by atoms with van der Waals surface area (Å²) in [4.78, 5) is 3.90. The number of ether oxygens (including phenoxy) is 1. The van der Waals surface area contributed by atoms with E-state index in [-0.39, 0.29) is 5.75 Å². The van der Waals surface area contributed by atoms with E-state index in [1.807, 2.05) is 0 Å². The monoisotopic (exact) mass is 216 g/mol. The predicted octanol–water partition coefficient (Wildman–Crippen LogP) is 2.48. The third-order valence-corrected chi connectivity index (χ3v) is 2.46. The van der Waals surface area contributed by atoms with E-state index in [1.165, 1.54) is 17.4 Å². The molecule has 14 heavy (non-hydrogen) atoms. The van der Waals surface area contributed by atoms with E-state index in [1.54, 1.807) is 12.1 Å². The lowest BCUT2D eigenvalue weighted by molar-refractivity contribution is -0.0489. The van der Waals surface area contributed by atoms with Gasteiger partial charge >= 0.3 is 6.61 Å². The number of nitrogens with two attached hydrogens (primary N) is 1. The summed E-state index contributed by atoms with van der Waals surface area (Å²) in [6.07, 6.45) is 0. The third kappa shape index (κ3) is 1.60. The van der Waals surface area contributed by atoms with Crippen molar-refractivity contribution in [2.45, 2.75) is 6.61 Å². The first-order chi connectivity index (χ1) is 6.66. The lowest BCUT2D eigenvalue weighted by Gasteiger charge is -2.03. The molecule has 0 saturated carbocycles. The van der Waals surface area contributed by atoms with Gasteiger partial charge in [0.05, 0.1) is 4.70 Å². The van der Waals surface area contributed by atoms with Gasteiger partial charge in [0.15, 0.2) is 10.9 Å². The van der Waals surface area contributed by atoms with Crippen LogP contribution in [0.2, 0.25) is 0 Å².